The van der Waals surface area contributed by atoms with Crippen LogP contribution < -0.4 is 4.74 Å². The summed E-state index contributed by atoms with van der Waals surface area (Å²) >= 11 is 11.2. The quantitative estimate of drug-likeness (QED) is 0.538. The Morgan fingerprint density at radius 2 is 2.00 bits per heavy atom. The van der Waals surface area contributed by atoms with Crippen molar-refractivity contribution in [2.45, 2.75) is 6.92 Å². The molecule has 0 aliphatic heterocycles. The summed E-state index contributed by atoms with van der Waals surface area (Å²) in [5.41, 5.74) is 1.73. The van der Waals surface area contributed by atoms with E-state index in [0.29, 0.717) is 22.2 Å². The van der Waals surface area contributed by atoms with Crippen molar-refractivity contribution < 1.29 is 4.74 Å². The van der Waals surface area contributed by atoms with Gasteiger partial charge in [-0.3, -0.25) is 0 Å². The molecule has 0 amide bonds. The normalized spacial score (nSPS) is 11.1. The Morgan fingerprint density at radius 1 is 1.25 bits per heavy atom. The van der Waals surface area contributed by atoms with Crippen LogP contribution in [0.4, 0.5) is 0 Å². The Kier molecular flexibility index (Phi) is 5.08. The Labute approximate surface area is 149 Å². The molecule has 7 heteroatoms. The molecule has 3 rings (SSSR count). The van der Waals surface area contributed by atoms with E-state index in [0.717, 1.165) is 16.9 Å². The minimum atomic E-state index is 0.407. The molecule has 1 N–H and O–H groups in total. The van der Waals surface area contributed by atoms with Crippen molar-refractivity contribution >= 4 is 30.0 Å². The molecule has 0 fully saturated rings. The maximum atomic E-state index is 5.93. The molecule has 5 nitrogen and oxygen atoms in total. The van der Waals surface area contributed by atoms with Gasteiger partial charge in [0, 0.05) is 16.1 Å². The lowest BCUT2D eigenvalue weighted by Gasteiger charge is -2.06. The van der Waals surface area contributed by atoms with E-state index >= 15 is 0 Å². The van der Waals surface area contributed by atoms with E-state index in [1.165, 1.54) is 0 Å². The zero-order valence-corrected chi connectivity index (χ0v) is 14.5. The van der Waals surface area contributed by atoms with Gasteiger partial charge in [0.05, 0.1) is 12.8 Å². The zero-order valence-electron chi connectivity index (χ0n) is 12.9. The number of aromatic amines is 1. The number of H-pyrrole nitrogens is 1. The number of benzene rings is 2. The number of halogens is 1. The third kappa shape index (κ3) is 3.55. The molecule has 0 unspecified atom stereocenters. The van der Waals surface area contributed by atoms with Crippen LogP contribution in [0.5, 0.6) is 5.75 Å². The number of para-hydroxylation sites is 1. The van der Waals surface area contributed by atoms with Crippen LogP contribution in [0.25, 0.3) is 11.4 Å². The minimum Gasteiger partial charge on any atom is -0.493 e. The SMILES string of the molecule is CCOc1ccccc1/C=N\n1c(-c2ccc(Cl)cc2)n[nH]c1=S. The first-order valence-corrected chi connectivity index (χ1v) is 8.17. The molecule has 0 aliphatic carbocycles. The highest BCUT2D eigenvalue weighted by atomic mass is 35.5. The highest BCUT2D eigenvalue weighted by molar-refractivity contribution is 7.71. The summed E-state index contributed by atoms with van der Waals surface area (Å²) in [6.45, 7) is 2.53. The summed E-state index contributed by atoms with van der Waals surface area (Å²) in [6, 6.07) is 15.0. The van der Waals surface area contributed by atoms with Crippen molar-refractivity contribution in [2.24, 2.45) is 5.10 Å². The molecule has 0 aliphatic rings. The van der Waals surface area contributed by atoms with E-state index in [2.05, 4.69) is 15.3 Å². The maximum absolute atomic E-state index is 5.93. The molecular formula is C17H15ClN4OS. The second kappa shape index (κ2) is 7.42. The second-order valence-electron chi connectivity index (χ2n) is 4.89. The lowest BCUT2D eigenvalue weighted by molar-refractivity contribution is 0.340. The fourth-order valence-electron chi connectivity index (χ4n) is 2.18. The van der Waals surface area contributed by atoms with Gasteiger partial charge in [-0.2, -0.15) is 14.9 Å². The average Bonchev–Trinajstić information content (AvgIpc) is 2.96. The van der Waals surface area contributed by atoms with Gasteiger partial charge in [-0.15, -0.1) is 0 Å². The molecule has 0 spiro atoms. The molecule has 24 heavy (non-hydrogen) atoms. The monoisotopic (exact) mass is 358 g/mol. The van der Waals surface area contributed by atoms with E-state index in [-0.39, 0.29) is 0 Å². The van der Waals surface area contributed by atoms with E-state index < -0.39 is 0 Å². The molecule has 0 saturated heterocycles. The summed E-state index contributed by atoms with van der Waals surface area (Å²) in [7, 11) is 0. The van der Waals surface area contributed by atoms with Gasteiger partial charge in [-0.25, -0.2) is 5.10 Å². The van der Waals surface area contributed by atoms with Gasteiger partial charge in [0.1, 0.15) is 5.75 Å². The van der Waals surface area contributed by atoms with Crippen molar-refractivity contribution in [1.29, 1.82) is 0 Å². The minimum absolute atomic E-state index is 0.407. The van der Waals surface area contributed by atoms with Crippen LogP contribution in [0.2, 0.25) is 5.02 Å². The van der Waals surface area contributed by atoms with Crippen LogP contribution >= 0.6 is 23.8 Å². The Bertz CT molecular complexity index is 915. The number of hydrogen-bond donors (Lipinski definition) is 1. The summed E-state index contributed by atoms with van der Waals surface area (Å²) in [4.78, 5) is 0. The van der Waals surface area contributed by atoms with Gasteiger partial charge in [0.25, 0.3) is 0 Å². The maximum Gasteiger partial charge on any atom is 0.216 e. The van der Waals surface area contributed by atoms with Crippen LogP contribution in [0.1, 0.15) is 12.5 Å². The molecule has 0 bridgehead atoms. The highest BCUT2D eigenvalue weighted by Gasteiger charge is 2.08. The molecular weight excluding hydrogens is 344 g/mol. The largest absolute Gasteiger partial charge is 0.493 e. The molecule has 0 radical (unpaired) electrons. The van der Waals surface area contributed by atoms with Crippen LogP contribution in [0, 0.1) is 4.77 Å². The summed E-state index contributed by atoms with van der Waals surface area (Å²) in [6.07, 6.45) is 1.70. The first-order valence-electron chi connectivity index (χ1n) is 7.38. The van der Waals surface area contributed by atoms with Gasteiger partial charge in [-0.1, -0.05) is 23.7 Å². The molecule has 122 valence electrons. The van der Waals surface area contributed by atoms with Crippen LogP contribution in [-0.4, -0.2) is 27.7 Å². The van der Waals surface area contributed by atoms with E-state index in [4.69, 9.17) is 28.6 Å². The molecule has 0 atom stereocenters. The van der Waals surface area contributed by atoms with Crippen molar-refractivity contribution in [3.05, 3.63) is 63.9 Å². The Morgan fingerprint density at radius 3 is 2.75 bits per heavy atom. The van der Waals surface area contributed by atoms with Crippen LogP contribution in [0.15, 0.2) is 53.6 Å². The summed E-state index contributed by atoms with van der Waals surface area (Å²) in [5, 5.41) is 12.1. The number of aromatic nitrogens is 3. The van der Waals surface area contributed by atoms with Crippen molar-refractivity contribution in [3.8, 4) is 17.1 Å². The summed E-state index contributed by atoms with van der Waals surface area (Å²) < 4.78 is 7.58. The van der Waals surface area contributed by atoms with Crippen molar-refractivity contribution in [3.63, 3.8) is 0 Å². The number of rotatable bonds is 5. The average molecular weight is 359 g/mol. The first-order chi connectivity index (χ1) is 11.7. The van der Waals surface area contributed by atoms with Crippen molar-refractivity contribution in [2.75, 3.05) is 6.61 Å². The van der Waals surface area contributed by atoms with E-state index in [1.54, 1.807) is 23.0 Å². The smallest absolute Gasteiger partial charge is 0.216 e. The first kappa shape index (κ1) is 16.4. The molecule has 0 saturated carbocycles. The fraction of sp³-hybridized carbons (Fsp3) is 0.118. The third-order valence-electron chi connectivity index (χ3n) is 3.28. The standard InChI is InChI=1S/C17H15ClN4OS/c1-2-23-15-6-4-3-5-13(15)11-19-22-16(20-21-17(22)24)12-7-9-14(18)10-8-12/h3-11H,2H2,1H3,(H,21,24)/b19-11-. The number of ether oxygens (including phenoxy) is 1. The molecule has 2 aromatic carbocycles. The zero-order chi connectivity index (χ0) is 16.9. The highest BCUT2D eigenvalue weighted by Crippen LogP contribution is 2.20. The predicted octanol–water partition coefficient (Wildman–Crippen LogP) is 4.54. The molecule has 1 heterocycles. The lowest BCUT2D eigenvalue weighted by Crippen LogP contribution is -1.98. The predicted molar refractivity (Wildman–Crippen MR) is 98.5 cm³/mol. The van der Waals surface area contributed by atoms with Crippen LogP contribution in [-0.2, 0) is 0 Å². The number of hydrogen-bond acceptors (Lipinski definition) is 4. The van der Waals surface area contributed by atoms with Gasteiger partial charge < -0.3 is 4.74 Å². The topological polar surface area (TPSA) is 55.2 Å². The van der Waals surface area contributed by atoms with Crippen molar-refractivity contribution in [1.82, 2.24) is 14.9 Å². The molecule has 1 aromatic heterocycles. The van der Waals surface area contributed by atoms with E-state index in [9.17, 15) is 0 Å². The number of nitrogens with zero attached hydrogens (tertiary/aromatic N) is 3. The van der Waals surface area contributed by atoms with Gasteiger partial charge in [0.15, 0.2) is 5.82 Å². The molecule has 3 aromatic rings. The Hall–Kier alpha value is -2.44. The third-order valence-corrected chi connectivity index (χ3v) is 3.80. The lowest BCUT2D eigenvalue weighted by atomic mass is 10.2. The summed E-state index contributed by atoms with van der Waals surface area (Å²) in [5.74, 6) is 1.38. The second-order valence-corrected chi connectivity index (χ2v) is 5.71. The van der Waals surface area contributed by atoms with Crippen LogP contribution in [0.3, 0.4) is 0 Å². The van der Waals surface area contributed by atoms with Gasteiger partial charge in [0.2, 0.25) is 4.77 Å². The van der Waals surface area contributed by atoms with E-state index in [1.807, 2.05) is 43.3 Å². The Balaban J connectivity index is 1.98. The number of nitrogens with one attached hydrogen (secondary N) is 1. The fourth-order valence-corrected chi connectivity index (χ4v) is 2.48. The van der Waals surface area contributed by atoms with Gasteiger partial charge in [-0.05, 0) is 55.5 Å². The van der Waals surface area contributed by atoms with Gasteiger partial charge >= 0.3 is 0 Å².